The molecule has 106 valence electrons. The molecule has 1 N–H and O–H groups in total. The molecule has 0 bridgehead atoms. The summed E-state index contributed by atoms with van der Waals surface area (Å²) in [5, 5.41) is 2.85. The highest BCUT2D eigenvalue weighted by Gasteiger charge is 2.51. The van der Waals surface area contributed by atoms with Crippen molar-refractivity contribution in [3.63, 3.8) is 0 Å². The fourth-order valence-electron chi connectivity index (χ4n) is 2.54. The third-order valence-corrected chi connectivity index (χ3v) is 3.62. The summed E-state index contributed by atoms with van der Waals surface area (Å²) >= 11 is 5.47. The maximum atomic E-state index is 12.7. The number of rotatable bonds is 5. The van der Waals surface area contributed by atoms with Gasteiger partial charge in [0.25, 0.3) is 5.91 Å². The van der Waals surface area contributed by atoms with Crippen molar-refractivity contribution < 1.29 is 9.59 Å². The minimum atomic E-state index is -0.951. The van der Waals surface area contributed by atoms with Crippen LogP contribution >= 0.6 is 11.6 Å². The first-order valence-electron chi connectivity index (χ1n) is 6.60. The van der Waals surface area contributed by atoms with Gasteiger partial charge in [0.05, 0.1) is 0 Å². The maximum Gasteiger partial charge on any atom is 0.325 e. The van der Waals surface area contributed by atoms with E-state index in [0.29, 0.717) is 6.42 Å². The van der Waals surface area contributed by atoms with Crippen molar-refractivity contribution in [3.05, 3.63) is 47.5 Å². The molecule has 0 saturated carbocycles. The first kappa shape index (κ1) is 14.6. The van der Waals surface area contributed by atoms with E-state index < -0.39 is 5.54 Å². The minimum Gasteiger partial charge on any atom is -0.319 e. The highest BCUT2D eigenvalue weighted by atomic mass is 35.5. The summed E-state index contributed by atoms with van der Waals surface area (Å²) in [4.78, 5) is 26.0. The maximum absolute atomic E-state index is 12.7. The summed E-state index contributed by atoms with van der Waals surface area (Å²) in [6.45, 7) is 2.18. The number of nitrogens with zero attached hydrogens (tertiary/aromatic N) is 1. The van der Waals surface area contributed by atoms with Crippen LogP contribution in [0.15, 0.2) is 41.9 Å². The molecule has 1 aromatic rings. The lowest BCUT2D eigenvalue weighted by Gasteiger charge is -2.26. The Hall–Kier alpha value is -1.81. The van der Waals surface area contributed by atoms with Crippen LogP contribution in [0.2, 0.25) is 0 Å². The molecular weight excluding hydrogens is 276 g/mol. The van der Waals surface area contributed by atoms with Gasteiger partial charge in [-0.1, -0.05) is 61.4 Å². The van der Waals surface area contributed by atoms with Gasteiger partial charge in [0, 0.05) is 12.1 Å². The molecular formula is C15H17ClN2O2. The summed E-state index contributed by atoms with van der Waals surface area (Å²) in [7, 11) is 0. The van der Waals surface area contributed by atoms with Crippen molar-refractivity contribution >= 4 is 23.5 Å². The Balaban J connectivity index is 2.40. The first-order valence-corrected chi connectivity index (χ1v) is 7.04. The topological polar surface area (TPSA) is 49.4 Å². The molecule has 3 amide bonds. The first-order chi connectivity index (χ1) is 9.65. The van der Waals surface area contributed by atoms with Crippen LogP contribution < -0.4 is 5.32 Å². The van der Waals surface area contributed by atoms with E-state index in [0.717, 1.165) is 12.0 Å². The molecule has 20 heavy (non-hydrogen) atoms. The largest absolute Gasteiger partial charge is 0.325 e. The normalized spacial score (nSPS) is 22.6. The van der Waals surface area contributed by atoms with Crippen molar-refractivity contribution in [2.24, 2.45) is 0 Å². The lowest BCUT2D eigenvalue weighted by Crippen LogP contribution is -2.43. The Bertz CT molecular complexity index is 530. The van der Waals surface area contributed by atoms with Crippen molar-refractivity contribution in [1.82, 2.24) is 10.2 Å². The number of imide groups is 1. The quantitative estimate of drug-likeness (QED) is 0.848. The zero-order chi connectivity index (χ0) is 14.6. The Kier molecular flexibility index (Phi) is 4.45. The predicted molar refractivity (Wildman–Crippen MR) is 78.3 cm³/mol. The molecule has 0 radical (unpaired) electrons. The van der Waals surface area contributed by atoms with E-state index in [1.807, 2.05) is 37.3 Å². The molecule has 1 saturated heterocycles. The van der Waals surface area contributed by atoms with Crippen LogP contribution in [-0.2, 0) is 10.3 Å². The standard InChI is InChI=1S/C15H17ClN2O2/c1-2-9-15(12-7-4-3-5-8-12)13(19)18(11-6-10-16)14(20)17-15/h3-8,10H,2,9,11H2,1H3,(H,17,20)/t15-/m1/s1. The number of hydrogen-bond acceptors (Lipinski definition) is 2. The molecule has 0 spiro atoms. The van der Waals surface area contributed by atoms with Gasteiger partial charge in [-0.2, -0.15) is 0 Å². The van der Waals surface area contributed by atoms with Crippen LogP contribution in [0, 0.1) is 0 Å². The summed E-state index contributed by atoms with van der Waals surface area (Å²) in [6.07, 6.45) is 2.94. The van der Waals surface area contributed by atoms with Crippen LogP contribution in [0.4, 0.5) is 4.79 Å². The average molecular weight is 293 g/mol. The molecule has 1 aliphatic rings. The number of amides is 3. The molecule has 1 heterocycles. The van der Waals surface area contributed by atoms with Gasteiger partial charge in [-0.05, 0) is 12.0 Å². The van der Waals surface area contributed by atoms with Gasteiger partial charge in [-0.15, -0.1) is 0 Å². The Morgan fingerprint density at radius 1 is 1.30 bits per heavy atom. The zero-order valence-corrected chi connectivity index (χ0v) is 12.1. The van der Waals surface area contributed by atoms with E-state index in [9.17, 15) is 9.59 Å². The number of nitrogens with one attached hydrogen (secondary N) is 1. The predicted octanol–water partition coefficient (Wildman–Crippen LogP) is 2.99. The summed E-state index contributed by atoms with van der Waals surface area (Å²) in [6, 6.07) is 8.99. The second kappa shape index (κ2) is 6.09. The molecule has 4 nitrogen and oxygen atoms in total. The molecule has 1 fully saturated rings. The van der Waals surface area contributed by atoms with Crippen LogP contribution in [0.25, 0.3) is 0 Å². The Labute approximate surface area is 123 Å². The van der Waals surface area contributed by atoms with Crippen molar-refractivity contribution in [2.45, 2.75) is 25.3 Å². The van der Waals surface area contributed by atoms with Crippen LogP contribution in [0.3, 0.4) is 0 Å². The summed E-state index contributed by atoms with van der Waals surface area (Å²) in [5.74, 6) is -0.217. The molecule has 1 aromatic carbocycles. The van der Waals surface area contributed by atoms with Crippen LogP contribution in [-0.4, -0.2) is 23.4 Å². The number of hydrogen-bond donors (Lipinski definition) is 1. The Morgan fingerprint density at radius 2 is 2.00 bits per heavy atom. The van der Waals surface area contributed by atoms with Crippen molar-refractivity contribution in [2.75, 3.05) is 6.54 Å². The summed E-state index contributed by atoms with van der Waals surface area (Å²) < 4.78 is 0. The number of benzene rings is 1. The molecule has 1 atom stereocenters. The van der Waals surface area contributed by atoms with Gasteiger partial charge in [0.15, 0.2) is 0 Å². The molecule has 0 aromatic heterocycles. The fourth-order valence-corrected chi connectivity index (χ4v) is 2.62. The zero-order valence-electron chi connectivity index (χ0n) is 11.3. The number of urea groups is 1. The molecule has 0 aliphatic carbocycles. The number of carbonyl (C=O) groups excluding carboxylic acids is 2. The molecule has 5 heteroatoms. The Morgan fingerprint density at radius 3 is 2.60 bits per heavy atom. The smallest absolute Gasteiger partial charge is 0.319 e. The molecule has 2 rings (SSSR count). The van der Waals surface area contributed by atoms with E-state index in [2.05, 4.69) is 5.32 Å². The van der Waals surface area contributed by atoms with E-state index in [1.165, 1.54) is 10.4 Å². The average Bonchev–Trinajstić information content (AvgIpc) is 2.70. The highest BCUT2D eigenvalue weighted by Crippen LogP contribution is 2.33. The van der Waals surface area contributed by atoms with E-state index >= 15 is 0 Å². The van der Waals surface area contributed by atoms with E-state index in [1.54, 1.807) is 6.08 Å². The van der Waals surface area contributed by atoms with Gasteiger partial charge >= 0.3 is 6.03 Å². The van der Waals surface area contributed by atoms with E-state index in [-0.39, 0.29) is 18.5 Å². The lowest BCUT2D eigenvalue weighted by molar-refractivity contribution is -0.131. The van der Waals surface area contributed by atoms with Crippen molar-refractivity contribution in [1.29, 1.82) is 0 Å². The van der Waals surface area contributed by atoms with Gasteiger partial charge in [0.1, 0.15) is 5.54 Å². The second-order valence-corrected chi connectivity index (χ2v) is 4.98. The van der Waals surface area contributed by atoms with E-state index in [4.69, 9.17) is 11.6 Å². The van der Waals surface area contributed by atoms with Gasteiger partial charge in [-0.25, -0.2) is 4.79 Å². The molecule has 1 aliphatic heterocycles. The third-order valence-electron chi connectivity index (χ3n) is 3.44. The van der Waals surface area contributed by atoms with Crippen LogP contribution in [0.1, 0.15) is 25.3 Å². The monoisotopic (exact) mass is 292 g/mol. The second-order valence-electron chi connectivity index (χ2n) is 4.73. The SMILES string of the molecule is CCC[C@]1(c2ccccc2)NC(=O)N(CC=CCl)C1=O. The summed E-state index contributed by atoms with van der Waals surface area (Å²) in [5.41, 5.74) is 1.17. The highest BCUT2D eigenvalue weighted by molar-refractivity contribution is 6.25. The minimum absolute atomic E-state index is 0.187. The third kappa shape index (κ3) is 2.43. The number of carbonyl (C=O) groups is 2. The van der Waals surface area contributed by atoms with Gasteiger partial charge in [-0.3, -0.25) is 9.69 Å². The van der Waals surface area contributed by atoms with Crippen molar-refractivity contribution in [3.8, 4) is 0 Å². The number of halogens is 1. The van der Waals surface area contributed by atoms with Gasteiger partial charge < -0.3 is 5.32 Å². The van der Waals surface area contributed by atoms with Crippen LogP contribution in [0.5, 0.6) is 0 Å². The lowest BCUT2D eigenvalue weighted by atomic mass is 9.85. The van der Waals surface area contributed by atoms with Gasteiger partial charge in [0.2, 0.25) is 0 Å². The molecule has 0 unspecified atom stereocenters. The fraction of sp³-hybridized carbons (Fsp3) is 0.333.